The second-order valence-corrected chi connectivity index (χ2v) is 5.78. The first kappa shape index (κ1) is 16.3. The Morgan fingerprint density at radius 2 is 2.20 bits per heavy atom. The molecule has 0 saturated heterocycles. The van der Waals surface area contributed by atoms with Crippen molar-refractivity contribution in [2.45, 2.75) is 57.7 Å². The van der Waals surface area contributed by atoms with Crippen LogP contribution in [0, 0.1) is 5.41 Å². The van der Waals surface area contributed by atoms with Gasteiger partial charge in [0, 0.05) is 6.04 Å². The van der Waals surface area contributed by atoms with Gasteiger partial charge in [-0.05, 0) is 40.0 Å². The van der Waals surface area contributed by atoms with E-state index in [-0.39, 0.29) is 23.2 Å². The predicted molar refractivity (Wildman–Crippen MR) is 82.4 cm³/mol. The number of nitrogens with one attached hydrogen (secondary N) is 2. The van der Waals surface area contributed by atoms with Gasteiger partial charge < -0.3 is 16.0 Å². The van der Waals surface area contributed by atoms with Crippen LogP contribution in [-0.4, -0.2) is 34.8 Å². The van der Waals surface area contributed by atoms with Crippen molar-refractivity contribution < 1.29 is 4.79 Å². The Labute approximate surface area is 121 Å². The van der Waals surface area contributed by atoms with Crippen LogP contribution in [0.25, 0.3) is 0 Å². The highest BCUT2D eigenvalue weighted by atomic mass is 16.2. The van der Waals surface area contributed by atoms with Crippen molar-refractivity contribution in [1.82, 2.24) is 10.2 Å². The van der Waals surface area contributed by atoms with E-state index in [0.29, 0.717) is 12.5 Å². The van der Waals surface area contributed by atoms with Crippen molar-refractivity contribution in [2.24, 2.45) is 5.73 Å². The molecule has 1 atom stereocenters. The minimum Gasteiger partial charge on any atom is -0.395 e. The Hall–Kier alpha value is -1.78. The molecular formula is C15H26N4O. The molecule has 5 heteroatoms. The molecule has 112 valence electrons. The highest BCUT2D eigenvalue weighted by Gasteiger charge is 2.41. The van der Waals surface area contributed by atoms with Gasteiger partial charge in [-0.25, -0.2) is 0 Å². The molecule has 4 N–H and O–H groups in total. The third-order valence-electron chi connectivity index (χ3n) is 3.80. The standard InChI is InChI=1S/C15H26N4O/c1-5-6-7-13(18-14(20)11(2)17)15(3,4)19(10-16)12-8-9-12/h5-6,10,12-13,16H,2,7-9,17H2,1,3-4H3,(H,18,20)/b6-5-,16-10?/t13-/m1/s1. The van der Waals surface area contributed by atoms with Gasteiger partial charge in [0.05, 0.1) is 23.6 Å². The molecule has 5 nitrogen and oxygen atoms in total. The van der Waals surface area contributed by atoms with Gasteiger partial charge in [0.15, 0.2) is 0 Å². The Morgan fingerprint density at radius 3 is 2.60 bits per heavy atom. The largest absolute Gasteiger partial charge is 0.395 e. The van der Waals surface area contributed by atoms with E-state index in [9.17, 15) is 4.79 Å². The smallest absolute Gasteiger partial charge is 0.266 e. The second kappa shape index (κ2) is 6.59. The van der Waals surface area contributed by atoms with Crippen LogP contribution in [0.3, 0.4) is 0 Å². The van der Waals surface area contributed by atoms with Crippen LogP contribution in [-0.2, 0) is 4.79 Å². The van der Waals surface area contributed by atoms with E-state index >= 15 is 0 Å². The SMILES string of the molecule is C=C(N)C(=O)N[C@H](C/C=C\C)C(C)(C)N(C=N)C1CC1. The monoisotopic (exact) mass is 278 g/mol. The van der Waals surface area contributed by atoms with Gasteiger partial charge in [-0.1, -0.05) is 18.7 Å². The third kappa shape index (κ3) is 3.85. The molecule has 0 aromatic heterocycles. The number of amides is 1. The molecule has 0 aromatic rings. The van der Waals surface area contributed by atoms with Gasteiger partial charge in [0.2, 0.25) is 0 Å². The van der Waals surface area contributed by atoms with E-state index in [2.05, 4.69) is 11.9 Å². The van der Waals surface area contributed by atoms with E-state index in [4.69, 9.17) is 11.1 Å². The normalized spacial score (nSPS) is 16.8. The average molecular weight is 278 g/mol. The molecule has 1 aliphatic carbocycles. The van der Waals surface area contributed by atoms with Gasteiger partial charge >= 0.3 is 0 Å². The minimum absolute atomic E-state index is 0.0131. The van der Waals surface area contributed by atoms with Crippen molar-refractivity contribution in [3.8, 4) is 0 Å². The Morgan fingerprint density at radius 1 is 1.60 bits per heavy atom. The molecule has 0 aromatic carbocycles. The van der Waals surface area contributed by atoms with Gasteiger partial charge in [0.25, 0.3) is 5.91 Å². The first-order valence-electron chi connectivity index (χ1n) is 7.00. The van der Waals surface area contributed by atoms with E-state index in [1.807, 2.05) is 37.8 Å². The van der Waals surface area contributed by atoms with Crippen LogP contribution in [0.4, 0.5) is 0 Å². The maximum atomic E-state index is 11.8. The van der Waals surface area contributed by atoms with Gasteiger partial charge in [-0.2, -0.15) is 0 Å². The molecule has 1 aliphatic rings. The maximum absolute atomic E-state index is 11.8. The molecule has 0 spiro atoms. The fourth-order valence-corrected chi connectivity index (χ4v) is 2.32. The van der Waals surface area contributed by atoms with Crippen LogP contribution in [0.1, 0.15) is 40.0 Å². The third-order valence-corrected chi connectivity index (χ3v) is 3.80. The average Bonchev–Trinajstić information content (AvgIpc) is 3.18. The number of carbonyl (C=O) groups is 1. The molecule has 0 radical (unpaired) electrons. The van der Waals surface area contributed by atoms with E-state index in [1.54, 1.807) is 0 Å². The summed E-state index contributed by atoms with van der Waals surface area (Å²) in [5, 5.41) is 10.6. The summed E-state index contributed by atoms with van der Waals surface area (Å²) in [5.74, 6) is -0.340. The number of nitrogens with zero attached hydrogens (tertiary/aromatic N) is 1. The lowest BCUT2D eigenvalue weighted by atomic mass is 9.89. The fourth-order valence-electron chi connectivity index (χ4n) is 2.32. The molecular weight excluding hydrogens is 252 g/mol. The topological polar surface area (TPSA) is 82.2 Å². The molecule has 1 saturated carbocycles. The number of nitrogens with two attached hydrogens (primary N) is 1. The zero-order chi connectivity index (χ0) is 15.3. The first-order valence-corrected chi connectivity index (χ1v) is 7.00. The van der Waals surface area contributed by atoms with Gasteiger partial charge in [-0.15, -0.1) is 0 Å². The molecule has 0 bridgehead atoms. The lowest BCUT2D eigenvalue weighted by molar-refractivity contribution is -0.119. The van der Waals surface area contributed by atoms with Crippen LogP contribution in [0.5, 0.6) is 0 Å². The number of allylic oxidation sites excluding steroid dienone is 1. The zero-order valence-corrected chi connectivity index (χ0v) is 12.6. The van der Waals surface area contributed by atoms with Crippen LogP contribution in [0.2, 0.25) is 0 Å². The predicted octanol–water partition coefficient (Wildman–Crippen LogP) is 1.76. The summed E-state index contributed by atoms with van der Waals surface area (Å²) in [6.07, 6.45) is 8.25. The Balaban J connectivity index is 2.91. The molecule has 0 aliphatic heterocycles. The summed E-state index contributed by atoms with van der Waals surface area (Å²) in [6.45, 7) is 9.51. The number of hydrogen-bond donors (Lipinski definition) is 3. The summed E-state index contributed by atoms with van der Waals surface area (Å²) < 4.78 is 0. The summed E-state index contributed by atoms with van der Waals surface area (Å²) in [6, 6.07) is 0.280. The highest BCUT2D eigenvalue weighted by molar-refractivity contribution is 5.92. The van der Waals surface area contributed by atoms with E-state index in [1.165, 1.54) is 6.34 Å². The molecule has 0 unspecified atom stereocenters. The number of rotatable bonds is 8. The van der Waals surface area contributed by atoms with Crippen LogP contribution in [0.15, 0.2) is 24.4 Å². The van der Waals surface area contributed by atoms with Crippen molar-refractivity contribution in [3.05, 3.63) is 24.4 Å². The summed E-state index contributed by atoms with van der Waals surface area (Å²) in [4.78, 5) is 13.9. The van der Waals surface area contributed by atoms with Crippen LogP contribution < -0.4 is 11.1 Å². The van der Waals surface area contributed by atoms with Crippen molar-refractivity contribution in [2.75, 3.05) is 0 Å². The van der Waals surface area contributed by atoms with Crippen molar-refractivity contribution in [3.63, 3.8) is 0 Å². The molecule has 1 rings (SSSR count). The molecule has 1 fully saturated rings. The fraction of sp³-hybridized carbons (Fsp3) is 0.600. The molecule has 0 heterocycles. The summed E-state index contributed by atoms with van der Waals surface area (Å²) in [7, 11) is 0. The van der Waals surface area contributed by atoms with Crippen molar-refractivity contribution in [1.29, 1.82) is 5.41 Å². The quantitative estimate of drug-likeness (QED) is 0.274. The van der Waals surface area contributed by atoms with Gasteiger partial charge in [0.1, 0.15) is 0 Å². The van der Waals surface area contributed by atoms with E-state index in [0.717, 1.165) is 12.8 Å². The number of hydrogen-bond acceptors (Lipinski definition) is 3. The molecule has 1 amide bonds. The summed E-state index contributed by atoms with van der Waals surface area (Å²) >= 11 is 0. The van der Waals surface area contributed by atoms with Crippen LogP contribution >= 0.6 is 0 Å². The minimum atomic E-state index is -0.354. The van der Waals surface area contributed by atoms with Crippen molar-refractivity contribution >= 4 is 12.2 Å². The Kier molecular flexibility index (Phi) is 5.36. The van der Waals surface area contributed by atoms with E-state index < -0.39 is 0 Å². The second-order valence-electron chi connectivity index (χ2n) is 5.78. The first-order chi connectivity index (χ1) is 9.34. The Bertz CT molecular complexity index is 410. The lowest BCUT2D eigenvalue weighted by Crippen LogP contribution is -2.59. The summed E-state index contributed by atoms with van der Waals surface area (Å²) in [5.41, 5.74) is 5.11. The lowest BCUT2D eigenvalue weighted by Gasteiger charge is -2.43. The number of carbonyl (C=O) groups excluding carboxylic acids is 1. The highest BCUT2D eigenvalue weighted by Crippen LogP contribution is 2.34. The molecule has 20 heavy (non-hydrogen) atoms. The zero-order valence-electron chi connectivity index (χ0n) is 12.6. The van der Waals surface area contributed by atoms with Gasteiger partial charge in [-0.3, -0.25) is 10.2 Å². The maximum Gasteiger partial charge on any atom is 0.266 e.